The fraction of sp³-hybridized carbons (Fsp3) is 0.258. The molecular weight excluding hydrogens is 512 g/mol. The molecule has 0 spiro atoms. The maximum atomic E-state index is 13.6. The van der Waals surface area contributed by atoms with E-state index in [2.05, 4.69) is 11.9 Å². The predicted molar refractivity (Wildman–Crippen MR) is 154 cm³/mol. The number of rotatable bonds is 8. The van der Waals surface area contributed by atoms with E-state index in [9.17, 15) is 14.7 Å². The highest BCUT2D eigenvalue weighted by Crippen LogP contribution is 2.45. The summed E-state index contributed by atoms with van der Waals surface area (Å²) >= 11 is 1.29. The van der Waals surface area contributed by atoms with E-state index in [1.807, 2.05) is 68.4 Å². The zero-order chi connectivity index (χ0) is 27.7. The van der Waals surface area contributed by atoms with Crippen molar-refractivity contribution in [3.8, 4) is 11.5 Å². The first-order chi connectivity index (χ1) is 18.8. The van der Waals surface area contributed by atoms with Crippen LogP contribution in [0.1, 0.15) is 48.1 Å². The molecule has 0 radical (unpaired) electrons. The minimum absolute atomic E-state index is 0.0326. The number of ether oxygens (including phenoxy) is 2. The van der Waals surface area contributed by atoms with Gasteiger partial charge in [0.05, 0.1) is 35.5 Å². The van der Waals surface area contributed by atoms with Gasteiger partial charge in [0.15, 0.2) is 5.13 Å². The fourth-order valence-corrected chi connectivity index (χ4v) is 5.71. The number of benzene rings is 3. The van der Waals surface area contributed by atoms with Crippen molar-refractivity contribution in [2.45, 2.75) is 39.7 Å². The Morgan fingerprint density at radius 2 is 1.77 bits per heavy atom. The summed E-state index contributed by atoms with van der Waals surface area (Å²) < 4.78 is 12.0. The van der Waals surface area contributed by atoms with Crippen LogP contribution in [-0.4, -0.2) is 35.5 Å². The summed E-state index contributed by atoms with van der Waals surface area (Å²) in [4.78, 5) is 33.2. The molecule has 0 aliphatic carbocycles. The molecule has 0 saturated carbocycles. The van der Waals surface area contributed by atoms with Crippen LogP contribution in [0.25, 0.3) is 16.0 Å². The third-order valence-corrected chi connectivity index (χ3v) is 7.86. The van der Waals surface area contributed by atoms with Crippen LogP contribution >= 0.6 is 11.3 Å². The van der Waals surface area contributed by atoms with Gasteiger partial charge in [0.25, 0.3) is 5.78 Å². The van der Waals surface area contributed by atoms with Gasteiger partial charge in [-0.25, -0.2) is 4.98 Å². The van der Waals surface area contributed by atoms with Gasteiger partial charge in [0, 0.05) is 5.56 Å². The Balaban J connectivity index is 1.66. The van der Waals surface area contributed by atoms with Crippen LogP contribution in [0, 0.1) is 13.8 Å². The van der Waals surface area contributed by atoms with Crippen molar-refractivity contribution in [2.75, 3.05) is 18.6 Å². The Kier molecular flexibility index (Phi) is 7.39. The lowest BCUT2D eigenvalue weighted by Crippen LogP contribution is -2.29. The van der Waals surface area contributed by atoms with Gasteiger partial charge in [-0.15, -0.1) is 0 Å². The number of hydrogen-bond donors (Lipinski definition) is 1. The molecule has 1 atom stereocenters. The molecular formula is C31H30N2O5S. The number of carbonyl (C=O) groups excluding carboxylic acids is 2. The summed E-state index contributed by atoms with van der Waals surface area (Å²) in [5.74, 6) is -0.316. The summed E-state index contributed by atoms with van der Waals surface area (Å²) in [6, 6.07) is 17.6. The average Bonchev–Trinajstić information content (AvgIpc) is 3.47. The Labute approximate surface area is 231 Å². The number of unbranched alkanes of at least 4 members (excludes halogenated alkanes) is 1. The highest BCUT2D eigenvalue weighted by Gasteiger charge is 2.48. The number of thiazole rings is 1. The molecule has 1 fully saturated rings. The Morgan fingerprint density at radius 1 is 1.03 bits per heavy atom. The number of carbonyl (C=O) groups is 2. The third kappa shape index (κ3) is 5.00. The number of ketones is 1. The number of aromatic nitrogens is 1. The molecule has 1 aliphatic heterocycles. The van der Waals surface area contributed by atoms with Gasteiger partial charge in [-0.1, -0.05) is 54.5 Å². The monoisotopic (exact) mass is 542 g/mol. The van der Waals surface area contributed by atoms with Crippen LogP contribution in [-0.2, 0) is 9.59 Å². The SMILES string of the molecule is CCCCOc1ccc(C2/C(=C(\O)c3cc(C)ccc3C)C(=O)C(=O)N2c2nc3ccc(OC)cc3s2)cc1. The molecule has 4 aromatic rings. The van der Waals surface area contributed by atoms with E-state index in [1.165, 1.54) is 16.2 Å². The van der Waals surface area contributed by atoms with Crippen LogP contribution in [0.3, 0.4) is 0 Å². The second-order valence-electron chi connectivity index (χ2n) is 9.59. The van der Waals surface area contributed by atoms with Crippen molar-refractivity contribution in [1.29, 1.82) is 0 Å². The van der Waals surface area contributed by atoms with E-state index in [4.69, 9.17) is 9.47 Å². The van der Waals surface area contributed by atoms with Crippen molar-refractivity contribution >= 4 is 44.1 Å². The zero-order valence-electron chi connectivity index (χ0n) is 22.4. The minimum Gasteiger partial charge on any atom is -0.507 e. The standard InChI is InChI=1S/C31H30N2O5S/c1-5-6-15-38-21-11-9-20(10-12-21)27-26(28(34)23-16-18(2)7-8-19(23)3)29(35)30(36)33(27)31-32-24-14-13-22(37-4)17-25(24)39-31/h7-14,16-17,27,34H,5-6,15H2,1-4H3/b28-26+. The van der Waals surface area contributed by atoms with E-state index in [0.29, 0.717) is 39.9 Å². The molecule has 39 heavy (non-hydrogen) atoms. The highest BCUT2D eigenvalue weighted by molar-refractivity contribution is 7.22. The molecule has 7 nitrogen and oxygen atoms in total. The number of amides is 1. The summed E-state index contributed by atoms with van der Waals surface area (Å²) in [5, 5.41) is 11.9. The second kappa shape index (κ2) is 10.9. The van der Waals surface area contributed by atoms with Gasteiger partial charge >= 0.3 is 5.91 Å². The van der Waals surface area contributed by atoms with Gasteiger partial charge in [-0.05, 0) is 67.8 Å². The highest BCUT2D eigenvalue weighted by atomic mass is 32.1. The molecule has 5 rings (SSSR count). The molecule has 1 N–H and O–H groups in total. The third-order valence-electron chi connectivity index (χ3n) is 6.85. The number of aliphatic hydroxyl groups excluding tert-OH is 1. The number of aliphatic hydroxyl groups is 1. The van der Waals surface area contributed by atoms with Crippen LogP contribution in [0.5, 0.6) is 11.5 Å². The maximum absolute atomic E-state index is 13.6. The molecule has 8 heteroatoms. The summed E-state index contributed by atoms with van der Waals surface area (Å²) in [7, 11) is 1.59. The van der Waals surface area contributed by atoms with Crippen LogP contribution in [0.4, 0.5) is 5.13 Å². The molecule has 1 unspecified atom stereocenters. The zero-order valence-corrected chi connectivity index (χ0v) is 23.2. The van der Waals surface area contributed by atoms with Gasteiger partial charge in [-0.2, -0.15) is 0 Å². The number of aryl methyl sites for hydroxylation is 2. The normalized spacial score (nSPS) is 16.7. The number of fused-ring (bicyclic) bond motifs is 1. The smallest absolute Gasteiger partial charge is 0.301 e. The van der Waals surface area contributed by atoms with E-state index >= 15 is 0 Å². The van der Waals surface area contributed by atoms with Gasteiger partial charge in [-0.3, -0.25) is 14.5 Å². The molecule has 1 aliphatic rings. The molecule has 2 heterocycles. The van der Waals surface area contributed by atoms with Crippen molar-refractivity contribution < 1.29 is 24.2 Å². The predicted octanol–water partition coefficient (Wildman–Crippen LogP) is 6.73. The van der Waals surface area contributed by atoms with Crippen molar-refractivity contribution in [3.63, 3.8) is 0 Å². The molecule has 3 aromatic carbocycles. The Bertz CT molecular complexity index is 1590. The number of hydrogen-bond acceptors (Lipinski definition) is 7. The number of nitrogens with zero attached hydrogens (tertiary/aromatic N) is 2. The average molecular weight is 543 g/mol. The molecule has 1 aromatic heterocycles. The first-order valence-corrected chi connectivity index (χ1v) is 13.7. The summed E-state index contributed by atoms with van der Waals surface area (Å²) in [6.45, 7) is 6.49. The largest absolute Gasteiger partial charge is 0.507 e. The summed E-state index contributed by atoms with van der Waals surface area (Å²) in [6.07, 6.45) is 1.97. The van der Waals surface area contributed by atoms with Crippen molar-refractivity contribution in [2.24, 2.45) is 0 Å². The lowest BCUT2D eigenvalue weighted by Gasteiger charge is -2.23. The first-order valence-electron chi connectivity index (χ1n) is 12.9. The first kappa shape index (κ1) is 26.4. The van der Waals surface area contributed by atoms with Crippen LogP contribution in [0.15, 0.2) is 66.2 Å². The van der Waals surface area contributed by atoms with Crippen LogP contribution in [0.2, 0.25) is 0 Å². The molecule has 1 amide bonds. The maximum Gasteiger partial charge on any atom is 0.301 e. The summed E-state index contributed by atoms with van der Waals surface area (Å²) in [5.41, 5.74) is 3.64. The minimum atomic E-state index is -0.864. The van der Waals surface area contributed by atoms with Gasteiger partial charge in [0.2, 0.25) is 0 Å². The fourth-order valence-electron chi connectivity index (χ4n) is 4.68. The van der Waals surface area contributed by atoms with E-state index in [1.54, 1.807) is 13.2 Å². The quantitative estimate of drug-likeness (QED) is 0.115. The number of methoxy groups -OCH3 is 1. The number of Topliss-reactive ketones (excluding diaryl/α,β-unsaturated/α-hetero) is 1. The lowest BCUT2D eigenvalue weighted by molar-refractivity contribution is -0.132. The van der Waals surface area contributed by atoms with E-state index in [-0.39, 0.29) is 11.3 Å². The lowest BCUT2D eigenvalue weighted by atomic mass is 9.93. The Hall–Kier alpha value is -4.17. The van der Waals surface area contributed by atoms with Gasteiger partial charge in [0.1, 0.15) is 17.3 Å². The molecule has 1 saturated heterocycles. The van der Waals surface area contributed by atoms with Crippen molar-refractivity contribution in [1.82, 2.24) is 4.98 Å². The van der Waals surface area contributed by atoms with Gasteiger partial charge < -0.3 is 14.6 Å². The van der Waals surface area contributed by atoms with E-state index in [0.717, 1.165) is 28.7 Å². The second-order valence-corrected chi connectivity index (χ2v) is 10.6. The van der Waals surface area contributed by atoms with Crippen molar-refractivity contribution in [3.05, 3.63) is 88.5 Å². The Morgan fingerprint density at radius 3 is 2.49 bits per heavy atom. The van der Waals surface area contributed by atoms with Crippen LogP contribution < -0.4 is 14.4 Å². The van der Waals surface area contributed by atoms with E-state index < -0.39 is 17.7 Å². The number of anilines is 1. The topological polar surface area (TPSA) is 89.0 Å². The molecule has 0 bridgehead atoms. The molecule has 200 valence electrons.